The first-order chi connectivity index (χ1) is 13.5. The molecular formula is C20H20FN5O2. The molecule has 0 fully saturated rings. The summed E-state index contributed by atoms with van der Waals surface area (Å²) in [6.07, 6.45) is 3.55. The molecule has 2 aromatic carbocycles. The molecule has 0 unspecified atom stereocenters. The largest absolute Gasteiger partial charge is 0.326 e. The van der Waals surface area contributed by atoms with Crippen molar-refractivity contribution in [1.82, 2.24) is 14.8 Å². The Morgan fingerprint density at radius 1 is 1.11 bits per heavy atom. The molecule has 1 atom stereocenters. The fourth-order valence-electron chi connectivity index (χ4n) is 2.59. The standard InChI is InChI=1S/C20H20FN5O2/c1-14(26-13-22-12-23-26)20(28)25-18-8-6-17(7-9-18)24-19(27)10-5-15-3-2-4-16(21)11-15/h2-4,6-9,11-14H,5,10H2,1H3,(H,24,27)(H,25,28)/t14-/m1/s1. The number of hydrogen-bond acceptors (Lipinski definition) is 4. The molecule has 7 nitrogen and oxygen atoms in total. The first kappa shape index (κ1) is 19.2. The zero-order valence-corrected chi connectivity index (χ0v) is 15.3. The third-order valence-corrected chi connectivity index (χ3v) is 4.18. The van der Waals surface area contributed by atoms with Gasteiger partial charge >= 0.3 is 0 Å². The second-order valence-electron chi connectivity index (χ2n) is 6.30. The van der Waals surface area contributed by atoms with Gasteiger partial charge in [-0.1, -0.05) is 12.1 Å². The number of aryl methyl sites for hydroxylation is 1. The van der Waals surface area contributed by atoms with E-state index in [1.165, 1.54) is 29.5 Å². The van der Waals surface area contributed by atoms with Crippen LogP contribution in [0, 0.1) is 5.82 Å². The van der Waals surface area contributed by atoms with Gasteiger partial charge in [0.15, 0.2) is 0 Å². The number of carbonyl (C=O) groups is 2. The molecule has 3 rings (SSSR count). The highest BCUT2D eigenvalue weighted by Gasteiger charge is 2.15. The molecule has 2 N–H and O–H groups in total. The van der Waals surface area contributed by atoms with Crippen LogP contribution in [-0.2, 0) is 16.0 Å². The van der Waals surface area contributed by atoms with E-state index in [4.69, 9.17) is 0 Å². The second-order valence-corrected chi connectivity index (χ2v) is 6.30. The maximum Gasteiger partial charge on any atom is 0.249 e. The quantitative estimate of drug-likeness (QED) is 0.658. The second kappa shape index (κ2) is 8.90. The highest BCUT2D eigenvalue weighted by atomic mass is 19.1. The van der Waals surface area contributed by atoms with Gasteiger partial charge in [0.1, 0.15) is 24.5 Å². The number of rotatable bonds is 7. The predicted molar refractivity (Wildman–Crippen MR) is 103 cm³/mol. The third kappa shape index (κ3) is 5.23. The lowest BCUT2D eigenvalue weighted by Gasteiger charge is -2.12. The van der Waals surface area contributed by atoms with Crippen molar-refractivity contribution in [2.75, 3.05) is 10.6 Å². The first-order valence-corrected chi connectivity index (χ1v) is 8.80. The fraction of sp³-hybridized carbons (Fsp3) is 0.200. The van der Waals surface area contributed by atoms with E-state index in [2.05, 4.69) is 20.7 Å². The monoisotopic (exact) mass is 381 g/mol. The van der Waals surface area contributed by atoms with E-state index in [-0.39, 0.29) is 24.1 Å². The molecule has 3 aromatic rings. The molecular weight excluding hydrogens is 361 g/mol. The van der Waals surface area contributed by atoms with Crippen LogP contribution in [0.5, 0.6) is 0 Å². The SMILES string of the molecule is C[C@H](C(=O)Nc1ccc(NC(=O)CCc2cccc(F)c2)cc1)n1cncn1. The number of nitrogens with zero attached hydrogens (tertiary/aromatic N) is 3. The molecule has 1 aromatic heterocycles. The summed E-state index contributed by atoms with van der Waals surface area (Å²) >= 11 is 0. The van der Waals surface area contributed by atoms with E-state index in [1.807, 2.05) is 0 Å². The Kier molecular flexibility index (Phi) is 6.11. The zero-order valence-electron chi connectivity index (χ0n) is 15.3. The van der Waals surface area contributed by atoms with Crippen LogP contribution in [0.2, 0.25) is 0 Å². The Balaban J connectivity index is 1.49. The summed E-state index contributed by atoms with van der Waals surface area (Å²) in [6, 6.07) is 12.5. The van der Waals surface area contributed by atoms with Gasteiger partial charge in [-0.3, -0.25) is 9.59 Å². The van der Waals surface area contributed by atoms with Crippen molar-refractivity contribution in [2.45, 2.75) is 25.8 Å². The number of carbonyl (C=O) groups excluding carboxylic acids is 2. The van der Waals surface area contributed by atoms with Crippen molar-refractivity contribution in [3.05, 3.63) is 72.6 Å². The summed E-state index contributed by atoms with van der Waals surface area (Å²) in [4.78, 5) is 28.1. The van der Waals surface area contributed by atoms with Crippen molar-refractivity contribution < 1.29 is 14.0 Å². The van der Waals surface area contributed by atoms with Crippen molar-refractivity contribution in [3.8, 4) is 0 Å². The van der Waals surface area contributed by atoms with Crippen molar-refractivity contribution in [3.63, 3.8) is 0 Å². The molecule has 1 heterocycles. The van der Waals surface area contributed by atoms with Gasteiger partial charge in [0.2, 0.25) is 11.8 Å². The predicted octanol–water partition coefficient (Wildman–Crippen LogP) is 3.19. The van der Waals surface area contributed by atoms with Gasteiger partial charge in [-0.15, -0.1) is 0 Å². The van der Waals surface area contributed by atoms with Gasteiger partial charge in [-0.05, 0) is 55.3 Å². The van der Waals surface area contributed by atoms with E-state index < -0.39 is 6.04 Å². The van der Waals surface area contributed by atoms with Gasteiger partial charge in [0.25, 0.3) is 0 Å². The molecule has 0 saturated carbocycles. The zero-order chi connectivity index (χ0) is 19.9. The molecule has 0 aliphatic rings. The Labute approximate surface area is 161 Å². The number of nitrogens with one attached hydrogen (secondary N) is 2. The topological polar surface area (TPSA) is 88.9 Å². The Bertz CT molecular complexity index is 941. The molecule has 0 aliphatic carbocycles. The van der Waals surface area contributed by atoms with Gasteiger partial charge in [-0.2, -0.15) is 5.10 Å². The molecule has 0 spiro atoms. The lowest BCUT2D eigenvalue weighted by molar-refractivity contribution is -0.119. The van der Waals surface area contributed by atoms with Crippen LogP contribution in [0.3, 0.4) is 0 Å². The fourth-order valence-corrected chi connectivity index (χ4v) is 2.59. The van der Waals surface area contributed by atoms with Crippen molar-refractivity contribution >= 4 is 23.2 Å². The first-order valence-electron chi connectivity index (χ1n) is 8.80. The summed E-state index contributed by atoms with van der Waals surface area (Å²) in [5, 5.41) is 9.52. The van der Waals surface area contributed by atoms with E-state index in [9.17, 15) is 14.0 Å². The molecule has 28 heavy (non-hydrogen) atoms. The van der Waals surface area contributed by atoms with E-state index in [0.29, 0.717) is 17.8 Å². The molecule has 0 aliphatic heterocycles. The molecule has 0 saturated heterocycles. The molecule has 2 amide bonds. The van der Waals surface area contributed by atoms with Crippen LogP contribution in [0.25, 0.3) is 0 Å². The molecule has 0 bridgehead atoms. The summed E-state index contributed by atoms with van der Waals surface area (Å²) in [5.74, 6) is -0.702. The summed E-state index contributed by atoms with van der Waals surface area (Å²) in [7, 11) is 0. The average molecular weight is 381 g/mol. The normalized spacial score (nSPS) is 11.6. The minimum Gasteiger partial charge on any atom is -0.326 e. The third-order valence-electron chi connectivity index (χ3n) is 4.18. The lowest BCUT2D eigenvalue weighted by Crippen LogP contribution is -2.24. The minimum atomic E-state index is -0.496. The van der Waals surface area contributed by atoms with E-state index in [0.717, 1.165) is 5.56 Å². The summed E-state index contributed by atoms with van der Waals surface area (Å²) < 4.78 is 14.6. The Morgan fingerprint density at radius 3 is 2.46 bits per heavy atom. The van der Waals surface area contributed by atoms with Crippen LogP contribution < -0.4 is 10.6 Å². The Hall–Kier alpha value is -3.55. The summed E-state index contributed by atoms with van der Waals surface area (Å²) in [5.41, 5.74) is 2.00. The number of amides is 2. The van der Waals surface area contributed by atoms with Gasteiger partial charge in [-0.25, -0.2) is 14.1 Å². The number of halogens is 1. The molecule has 144 valence electrons. The Morgan fingerprint density at radius 2 is 1.82 bits per heavy atom. The van der Waals surface area contributed by atoms with Crippen molar-refractivity contribution in [1.29, 1.82) is 0 Å². The molecule has 0 radical (unpaired) electrons. The highest BCUT2D eigenvalue weighted by molar-refractivity contribution is 5.94. The van der Waals surface area contributed by atoms with Crippen LogP contribution in [0.1, 0.15) is 24.9 Å². The maximum atomic E-state index is 13.2. The van der Waals surface area contributed by atoms with E-state index in [1.54, 1.807) is 43.3 Å². The van der Waals surface area contributed by atoms with Crippen LogP contribution in [0.4, 0.5) is 15.8 Å². The molecule has 8 heteroatoms. The highest BCUT2D eigenvalue weighted by Crippen LogP contribution is 2.16. The average Bonchev–Trinajstić information content (AvgIpc) is 3.22. The summed E-state index contributed by atoms with van der Waals surface area (Å²) in [6.45, 7) is 1.72. The number of hydrogen-bond donors (Lipinski definition) is 2. The van der Waals surface area contributed by atoms with Gasteiger partial charge < -0.3 is 10.6 Å². The minimum absolute atomic E-state index is 0.166. The van der Waals surface area contributed by atoms with Gasteiger partial charge in [0.05, 0.1) is 0 Å². The maximum absolute atomic E-state index is 13.2. The number of anilines is 2. The van der Waals surface area contributed by atoms with Crippen LogP contribution >= 0.6 is 0 Å². The smallest absolute Gasteiger partial charge is 0.249 e. The van der Waals surface area contributed by atoms with Gasteiger partial charge in [0, 0.05) is 17.8 Å². The number of benzene rings is 2. The van der Waals surface area contributed by atoms with E-state index >= 15 is 0 Å². The number of aromatic nitrogens is 3. The van der Waals surface area contributed by atoms with Crippen LogP contribution in [-0.4, -0.2) is 26.6 Å². The lowest BCUT2D eigenvalue weighted by atomic mass is 10.1. The van der Waals surface area contributed by atoms with Crippen LogP contribution in [0.15, 0.2) is 61.2 Å². The van der Waals surface area contributed by atoms with Crippen molar-refractivity contribution in [2.24, 2.45) is 0 Å².